The van der Waals surface area contributed by atoms with Gasteiger partial charge in [-0.25, -0.2) is 4.79 Å². The van der Waals surface area contributed by atoms with Gasteiger partial charge in [-0.2, -0.15) is 0 Å². The van der Waals surface area contributed by atoms with Crippen molar-refractivity contribution in [2.75, 3.05) is 13.2 Å². The van der Waals surface area contributed by atoms with Gasteiger partial charge in [-0.05, 0) is 13.1 Å². The van der Waals surface area contributed by atoms with E-state index in [9.17, 15) is 4.79 Å². The summed E-state index contributed by atoms with van der Waals surface area (Å²) in [5, 5.41) is 14.0. The molecule has 0 aliphatic carbocycles. The summed E-state index contributed by atoms with van der Waals surface area (Å²) >= 11 is 0. The highest BCUT2D eigenvalue weighted by molar-refractivity contribution is 5.84. The van der Waals surface area contributed by atoms with Crippen molar-refractivity contribution in [2.45, 2.75) is 6.92 Å². The zero-order chi connectivity index (χ0) is 9.40. The molecule has 0 amide bonds. The first-order valence-electron chi connectivity index (χ1n) is 3.62. The monoisotopic (exact) mass is 170 g/mol. The van der Waals surface area contributed by atoms with Gasteiger partial charge in [0, 0.05) is 12.1 Å². The second-order valence-corrected chi connectivity index (χ2v) is 2.32. The lowest BCUT2D eigenvalue weighted by atomic mass is 10.4. The summed E-state index contributed by atoms with van der Waals surface area (Å²) in [6.07, 6.45) is 4.00. The second-order valence-electron chi connectivity index (χ2n) is 2.32. The normalized spacial score (nSPS) is 13.8. The molecule has 4 nitrogen and oxygen atoms in total. The molecular weight excluding hydrogens is 156 g/mol. The summed E-state index contributed by atoms with van der Waals surface area (Å²) in [4.78, 5) is 9.60. The van der Waals surface area contributed by atoms with E-state index in [0.717, 1.165) is 13.2 Å². The van der Waals surface area contributed by atoms with Crippen LogP contribution in [0.25, 0.3) is 0 Å². The second kappa shape index (κ2) is 6.42. The zero-order valence-electron chi connectivity index (χ0n) is 7.13. The Balaban J connectivity index is 0.000000202. The quantitative estimate of drug-likeness (QED) is 0.495. The molecule has 0 unspecified atom stereocenters. The summed E-state index contributed by atoms with van der Waals surface area (Å²) in [7, 11) is 0. The average Bonchev–Trinajstić information content (AvgIpc) is 2.08. The van der Waals surface area contributed by atoms with Crippen LogP contribution in [0.3, 0.4) is 0 Å². The molecule has 4 heteroatoms. The Kier molecular flexibility index (Phi) is 5.73. The predicted octanol–water partition coefficient (Wildman–Crippen LogP) is 0.297. The zero-order valence-corrected chi connectivity index (χ0v) is 7.13. The summed E-state index contributed by atoms with van der Waals surface area (Å²) in [6, 6.07) is 0. The Bertz CT molecular complexity index is 167. The maximum atomic E-state index is 9.60. The van der Waals surface area contributed by atoms with Crippen LogP contribution in [0, 0.1) is 0 Å². The molecule has 0 saturated heterocycles. The molecule has 0 radical (unpaired) electrons. The van der Waals surface area contributed by atoms with Crippen molar-refractivity contribution in [3.63, 3.8) is 0 Å². The highest BCUT2D eigenvalue weighted by atomic mass is 16.4. The van der Waals surface area contributed by atoms with E-state index in [1.807, 2.05) is 12.3 Å². The van der Waals surface area contributed by atoms with Gasteiger partial charge in [-0.15, -0.1) is 0 Å². The van der Waals surface area contributed by atoms with E-state index < -0.39 is 5.97 Å². The fourth-order valence-corrected chi connectivity index (χ4v) is 0.429. The van der Waals surface area contributed by atoms with Crippen LogP contribution in [-0.2, 0) is 4.79 Å². The van der Waals surface area contributed by atoms with E-state index in [2.05, 4.69) is 17.2 Å². The van der Waals surface area contributed by atoms with Crippen LogP contribution >= 0.6 is 0 Å². The molecule has 0 atom stereocenters. The topological polar surface area (TPSA) is 61.4 Å². The van der Waals surface area contributed by atoms with Crippen molar-refractivity contribution < 1.29 is 9.90 Å². The molecule has 1 aliphatic rings. The van der Waals surface area contributed by atoms with Crippen molar-refractivity contribution in [3.8, 4) is 0 Å². The molecule has 0 saturated carbocycles. The van der Waals surface area contributed by atoms with Crippen molar-refractivity contribution in [3.05, 3.63) is 24.4 Å². The van der Waals surface area contributed by atoms with Gasteiger partial charge < -0.3 is 10.4 Å². The van der Waals surface area contributed by atoms with Gasteiger partial charge in [0.1, 0.15) is 0 Å². The van der Waals surface area contributed by atoms with Crippen LogP contribution in [-0.4, -0.2) is 24.3 Å². The number of hydrogen-bond acceptors (Lipinski definition) is 3. The van der Waals surface area contributed by atoms with Gasteiger partial charge in [-0.3, -0.25) is 5.32 Å². The minimum Gasteiger partial charge on any atom is -0.478 e. The molecule has 1 aliphatic heterocycles. The minimum absolute atomic E-state index is 0.176. The molecule has 1 rings (SSSR count). The van der Waals surface area contributed by atoms with Crippen molar-refractivity contribution >= 4 is 5.97 Å². The lowest BCUT2D eigenvalue weighted by Gasteiger charge is -2.05. The number of rotatable bonds is 1. The fourth-order valence-electron chi connectivity index (χ4n) is 0.429. The highest BCUT2D eigenvalue weighted by Crippen LogP contribution is 1.81. The number of hydrogen-bond donors (Lipinski definition) is 3. The summed E-state index contributed by atoms with van der Waals surface area (Å²) in [5.74, 6) is -0.935. The van der Waals surface area contributed by atoms with E-state index in [1.54, 1.807) is 0 Å². The first-order chi connectivity index (χ1) is 5.64. The predicted molar refractivity (Wildman–Crippen MR) is 47.6 cm³/mol. The van der Waals surface area contributed by atoms with Gasteiger partial charge in [0.05, 0.1) is 6.67 Å². The molecule has 0 aromatic carbocycles. The molecular formula is C8H14N2O2. The molecule has 1 heterocycles. The standard InChI is InChI=1S/C4H8N2.C4H6O2/c1-2-5-4-6-3-1;1-3(2)4(5)6/h1-2,5-6H,3-4H2;1H2,2H3,(H,5,6). The smallest absolute Gasteiger partial charge is 0.330 e. The summed E-state index contributed by atoms with van der Waals surface area (Å²) in [6.45, 7) is 6.52. The first-order valence-corrected chi connectivity index (χ1v) is 3.62. The third-order valence-electron chi connectivity index (χ3n) is 1.09. The van der Waals surface area contributed by atoms with Crippen LogP contribution in [0.4, 0.5) is 0 Å². The SMILES string of the molecule is C1=CNCNC1.C=C(C)C(=O)O. The van der Waals surface area contributed by atoms with E-state index >= 15 is 0 Å². The van der Waals surface area contributed by atoms with Gasteiger partial charge in [-0.1, -0.05) is 12.7 Å². The maximum absolute atomic E-state index is 9.60. The molecule has 0 fully saturated rings. The summed E-state index contributed by atoms with van der Waals surface area (Å²) in [5.41, 5.74) is 0.176. The third kappa shape index (κ3) is 6.82. The van der Waals surface area contributed by atoms with Gasteiger partial charge >= 0.3 is 5.97 Å². The van der Waals surface area contributed by atoms with Crippen LogP contribution in [0.15, 0.2) is 24.4 Å². The van der Waals surface area contributed by atoms with Crippen LogP contribution < -0.4 is 10.6 Å². The molecule has 0 aromatic rings. The Morgan fingerprint density at radius 3 is 2.33 bits per heavy atom. The van der Waals surface area contributed by atoms with Crippen molar-refractivity contribution in [1.29, 1.82) is 0 Å². The van der Waals surface area contributed by atoms with E-state index in [1.165, 1.54) is 6.92 Å². The van der Waals surface area contributed by atoms with Gasteiger partial charge in [0.2, 0.25) is 0 Å². The fraction of sp³-hybridized carbons (Fsp3) is 0.375. The van der Waals surface area contributed by atoms with Crippen LogP contribution in [0.2, 0.25) is 0 Å². The van der Waals surface area contributed by atoms with E-state index in [0.29, 0.717) is 0 Å². The van der Waals surface area contributed by atoms with Crippen LogP contribution in [0.5, 0.6) is 0 Å². The van der Waals surface area contributed by atoms with Gasteiger partial charge in [0.15, 0.2) is 0 Å². The highest BCUT2D eigenvalue weighted by Gasteiger charge is 1.90. The Morgan fingerprint density at radius 2 is 2.25 bits per heavy atom. The molecule has 12 heavy (non-hydrogen) atoms. The Labute approximate surface area is 72.0 Å². The number of carboxylic acids is 1. The Hall–Kier alpha value is -1.29. The third-order valence-corrected chi connectivity index (χ3v) is 1.09. The van der Waals surface area contributed by atoms with Crippen LogP contribution in [0.1, 0.15) is 6.92 Å². The summed E-state index contributed by atoms with van der Waals surface area (Å²) < 4.78 is 0. The Morgan fingerprint density at radius 1 is 1.67 bits per heavy atom. The number of carbonyl (C=O) groups is 1. The van der Waals surface area contributed by atoms with Gasteiger partial charge in [0.25, 0.3) is 0 Å². The number of nitrogens with one attached hydrogen (secondary N) is 2. The van der Waals surface area contributed by atoms with Crippen molar-refractivity contribution in [2.24, 2.45) is 0 Å². The molecule has 68 valence electrons. The molecule has 0 aromatic heterocycles. The molecule has 0 bridgehead atoms. The molecule has 0 spiro atoms. The van der Waals surface area contributed by atoms with E-state index in [4.69, 9.17) is 5.11 Å². The number of carboxylic acid groups (broad SMARTS) is 1. The minimum atomic E-state index is -0.935. The lowest BCUT2D eigenvalue weighted by molar-refractivity contribution is -0.132. The first kappa shape index (κ1) is 10.7. The maximum Gasteiger partial charge on any atom is 0.330 e. The lowest BCUT2D eigenvalue weighted by Crippen LogP contribution is -2.29. The van der Waals surface area contributed by atoms with E-state index in [-0.39, 0.29) is 5.57 Å². The largest absolute Gasteiger partial charge is 0.478 e. The average molecular weight is 170 g/mol. The number of aliphatic carboxylic acids is 1. The molecule has 3 N–H and O–H groups in total. The van der Waals surface area contributed by atoms with Crippen molar-refractivity contribution in [1.82, 2.24) is 10.6 Å².